The van der Waals surface area contributed by atoms with E-state index in [9.17, 15) is 14.7 Å². The average molecular weight is 367 g/mol. The maximum atomic E-state index is 12.4. The molecule has 25 heavy (non-hydrogen) atoms. The van der Waals surface area contributed by atoms with Crippen LogP contribution in [0.15, 0.2) is 22.3 Å². The van der Waals surface area contributed by atoms with Gasteiger partial charge in [0.1, 0.15) is 0 Å². The quantitative estimate of drug-likeness (QED) is 0.379. The number of allylic oxidation sites excluding steroid dienone is 4. The standard InChI is InChI=1S/C20H34O4Si/c1-14-15(2)19(22)17(16(3)18(14)21)9-10-20(4,23)13-24-11-8-12-25(5,6)7/h23H,8-13H2,1-7H3. The molecule has 4 nitrogen and oxygen atoms in total. The Hall–Kier alpha value is -1.04. The molecule has 0 amide bonds. The Morgan fingerprint density at radius 1 is 1.00 bits per heavy atom. The zero-order chi connectivity index (χ0) is 19.4. The molecule has 1 N–H and O–H groups in total. The molecule has 1 unspecified atom stereocenters. The van der Waals surface area contributed by atoms with Crippen LogP contribution in [0.1, 0.15) is 47.0 Å². The monoisotopic (exact) mass is 366 g/mol. The predicted octanol–water partition coefficient (Wildman–Crippen LogP) is 4.07. The molecule has 0 spiro atoms. The minimum absolute atomic E-state index is 0.0608. The molecule has 0 heterocycles. The van der Waals surface area contributed by atoms with Crippen LogP contribution in [0.4, 0.5) is 0 Å². The first-order valence-electron chi connectivity index (χ1n) is 9.12. The molecule has 5 heteroatoms. The summed E-state index contributed by atoms with van der Waals surface area (Å²) in [7, 11) is -1.05. The van der Waals surface area contributed by atoms with Gasteiger partial charge in [-0.15, -0.1) is 0 Å². The highest BCUT2D eigenvalue weighted by atomic mass is 28.3. The van der Waals surface area contributed by atoms with Crippen molar-refractivity contribution >= 4 is 19.6 Å². The van der Waals surface area contributed by atoms with E-state index in [2.05, 4.69) is 19.6 Å². The van der Waals surface area contributed by atoms with Crippen LogP contribution < -0.4 is 0 Å². The van der Waals surface area contributed by atoms with E-state index in [-0.39, 0.29) is 18.2 Å². The van der Waals surface area contributed by atoms with Crippen molar-refractivity contribution in [2.45, 2.75) is 78.2 Å². The van der Waals surface area contributed by atoms with Gasteiger partial charge in [-0.05, 0) is 47.0 Å². The summed E-state index contributed by atoms with van der Waals surface area (Å²) >= 11 is 0. The van der Waals surface area contributed by atoms with E-state index < -0.39 is 13.7 Å². The first-order valence-corrected chi connectivity index (χ1v) is 12.8. The van der Waals surface area contributed by atoms with E-state index in [1.807, 2.05) is 0 Å². The summed E-state index contributed by atoms with van der Waals surface area (Å²) in [6.45, 7) is 14.7. The van der Waals surface area contributed by atoms with Crippen LogP contribution in [0.25, 0.3) is 0 Å². The van der Waals surface area contributed by atoms with E-state index in [0.717, 1.165) is 6.42 Å². The molecule has 0 saturated carbocycles. The van der Waals surface area contributed by atoms with E-state index in [1.165, 1.54) is 6.04 Å². The van der Waals surface area contributed by atoms with Gasteiger partial charge < -0.3 is 9.84 Å². The molecule has 1 aliphatic carbocycles. The van der Waals surface area contributed by atoms with Crippen LogP contribution in [-0.4, -0.2) is 43.6 Å². The molecule has 0 aromatic heterocycles. The highest BCUT2D eigenvalue weighted by molar-refractivity contribution is 6.76. The minimum atomic E-state index is -1.05. The maximum Gasteiger partial charge on any atom is 0.185 e. The highest BCUT2D eigenvalue weighted by Crippen LogP contribution is 2.29. The number of carbonyl (C=O) groups excluding carboxylic acids is 2. The fourth-order valence-corrected chi connectivity index (χ4v) is 4.12. The maximum absolute atomic E-state index is 12.4. The molecule has 0 bridgehead atoms. The van der Waals surface area contributed by atoms with Crippen LogP contribution in [0, 0.1) is 0 Å². The lowest BCUT2D eigenvalue weighted by atomic mass is 9.82. The third-order valence-corrected chi connectivity index (χ3v) is 6.71. The number of aliphatic hydroxyl groups is 1. The molecule has 0 saturated heterocycles. The molecule has 0 aromatic carbocycles. The lowest BCUT2D eigenvalue weighted by molar-refractivity contribution is -0.116. The van der Waals surface area contributed by atoms with Gasteiger partial charge in [-0.2, -0.15) is 0 Å². The SMILES string of the molecule is CC1=C(C)C(=O)C(CCC(C)(O)COCCC[Si](C)(C)C)=C(C)C1=O. The molecule has 0 aromatic rings. The Morgan fingerprint density at radius 2 is 1.56 bits per heavy atom. The number of Topliss-reactive ketones (excluding diaryl/α,β-unsaturated/α-hetero) is 2. The van der Waals surface area contributed by atoms with Crippen molar-refractivity contribution in [3.05, 3.63) is 22.3 Å². The van der Waals surface area contributed by atoms with Crippen molar-refractivity contribution in [1.82, 2.24) is 0 Å². The molecular weight excluding hydrogens is 332 g/mol. The molecule has 0 radical (unpaired) electrons. The van der Waals surface area contributed by atoms with Gasteiger partial charge in [0.05, 0.1) is 12.2 Å². The molecule has 0 fully saturated rings. The number of rotatable bonds is 9. The van der Waals surface area contributed by atoms with Gasteiger partial charge in [-0.25, -0.2) is 0 Å². The first-order chi connectivity index (χ1) is 11.4. The number of carbonyl (C=O) groups is 2. The largest absolute Gasteiger partial charge is 0.388 e. The molecule has 1 atom stereocenters. The Morgan fingerprint density at radius 3 is 2.12 bits per heavy atom. The predicted molar refractivity (Wildman–Crippen MR) is 105 cm³/mol. The van der Waals surface area contributed by atoms with E-state index in [4.69, 9.17) is 4.74 Å². The van der Waals surface area contributed by atoms with E-state index in [0.29, 0.717) is 41.7 Å². The summed E-state index contributed by atoms with van der Waals surface area (Å²) in [4.78, 5) is 24.6. The summed E-state index contributed by atoms with van der Waals surface area (Å²) in [6.07, 6.45) is 1.82. The van der Waals surface area contributed by atoms with Crippen LogP contribution in [0.5, 0.6) is 0 Å². The summed E-state index contributed by atoms with van der Waals surface area (Å²) in [5.41, 5.74) is 1.10. The lowest BCUT2D eigenvalue weighted by Crippen LogP contribution is -2.32. The highest BCUT2D eigenvalue weighted by Gasteiger charge is 2.30. The Labute approximate surface area is 153 Å². The van der Waals surface area contributed by atoms with Crippen molar-refractivity contribution in [2.75, 3.05) is 13.2 Å². The zero-order valence-electron chi connectivity index (χ0n) is 16.9. The summed E-state index contributed by atoms with van der Waals surface area (Å²) in [6, 6.07) is 1.21. The van der Waals surface area contributed by atoms with Crippen molar-refractivity contribution in [3.63, 3.8) is 0 Å². The van der Waals surface area contributed by atoms with E-state index >= 15 is 0 Å². The summed E-state index contributed by atoms with van der Waals surface area (Å²) in [5, 5.41) is 10.5. The second-order valence-corrected chi connectivity index (χ2v) is 14.3. The van der Waals surface area contributed by atoms with Crippen LogP contribution in [0.3, 0.4) is 0 Å². The van der Waals surface area contributed by atoms with Crippen LogP contribution >= 0.6 is 0 Å². The van der Waals surface area contributed by atoms with Crippen LogP contribution in [-0.2, 0) is 14.3 Å². The van der Waals surface area contributed by atoms with Gasteiger partial charge in [0, 0.05) is 37.0 Å². The number of hydrogen-bond donors (Lipinski definition) is 1. The van der Waals surface area contributed by atoms with Crippen molar-refractivity contribution < 1.29 is 19.4 Å². The smallest absolute Gasteiger partial charge is 0.185 e. The second-order valence-electron chi connectivity index (χ2n) is 8.73. The van der Waals surface area contributed by atoms with Gasteiger partial charge in [-0.1, -0.05) is 25.7 Å². The molecular formula is C20H34O4Si. The Balaban J connectivity index is 2.53. The summed E-state index contributed by atoms with van der Waals surface area (Å²) in [5.74, 6) is -0.129. The topological polar surface area (TPSA) is 63.6 Å². The van der Waals surface area contributed by atoms with Gasteiger partial charge in [0.15, 0.2) is 11.6 Å². The Kier molecular flexibility index (Phi) is 7.53. The molecule has 1 aliphatic rings. The molecule has 1 rings (SSSR count). The minimum Gasteiger partial charge on any atom is -0.388 e. The van der Waals surface area contributed by atoms with Gasteiger partial charge >= 0.3 is 0 Å². The molecule has 142 valence electrons. The third-order valence-electron chi connectivity index (χ3n) is 4.85. The van der Waals surface area contributed by atoms with Gasteiger partial charge in [0.25, 0.3) is 0 Å². The third kappa shape index (κ3) is 6.64. The normalized spacial score (nSPS) is 18.9. The fourth-order valence-electron chi connectivity index (χ4n) is 2.92. The zero-order valence-corrected chi connectivity index (χ0v) is 17.9. The Bertz CT molecular complexity index is 591. The van der Waals surface area contributed by atoms with Gasteiger partial charge in [-0.3, -0.25) is 9.59 Å². The van der Waals surface area contributed by atoms with Gasteiger partial charge in [0.2, 0.25) is 0 Å². The number of ketones is 2. The van der Waals surface area contributed by atoms with E-state index in [1.54, 1.807) is 27.7 Å². The number of ether oxygens (including phenoxy) is 1. The average Bonchev–Trinajstić information content (AvgIpc) is 2.49. The fraction of sp³-hybridized carbons (Fsp3) is 0.700. The molecule has 0 aliphatic heterocycles. The number of hydrogen-bond acceptors (Lipinski definition) is 4. The van der Waals surface area contributed by atoms with Crippen molar-refractivity contribution in [1.29, 1.82) is 0 Å². The second kappa shape index (κ2) is 8.56. The summed E-state index contributed by atoms with van der Waals surface area (Å²) < 4.78 is 5.64. The van der Waals surface area contributed by atoms with Crippen molar-refractivity contribution in [3.8, 4) is 0 Å². The van der Waals surface area contributed by atoms with Crippen molar-refractivity contribution in [2.24, 2.45) is 0 Å². The first kappa shape index (κ1) is 22.0. The lowest BCUT2D eigenvalue weighted by Gasteiger charge is -2.25. The van der Waals surface area contributed by atoms with Crippen LogP contribution in [0.2, 0.25) is 25.7 Å².